The van der Waals surface area contributed by atoms with Crippen LogP contribution in [-0.4, -0.2) is 15.2 Å². The van der Waals surface area contributed by atoms with Gasteiger partial charge in [0.25, 0.3) is 5.56 Å². The van der Waals surface area contributed by atoms with Crippen molar-refractivity contribution in [2.24, 2.45) is 0 Å². The van der Waals surface area contributed by atoms with Crippen LogP contribution in [0.5, 0.6) is 0 Å². The number of thiazole rings is 1. The second-order valence-electron chi connectivity index (χ2n) is 3.68. The summed E-state index contributed by atoms with van der Waals surface area (Å²) in [4.78, 5) is 15.8. The molecule has 0 unspecified atom stereocenters. The lowest BCUT2D eigenvalue weighted by Crippen LogP contribution is -2.08. The molecule has 1 N–H and O–H groups in total. The summed E-state index contributed by atoms with van der Waals surface area (Å²) in [5.41, 5.74) is 2.01. The van der Waals surface area contributed by atoms with Crippen molar-refractivity contribution >= 4 is 21.6 Å². The maximum absolute atomic E-state index is 11.6. The number of benzene rings is 1. The van der Waals surface area contributed by atoms with Crippen LogP contribution in [0.1, 0.15) is 5.01 Å². The number of rotatable bonds is 1. The van der Waals surface area contributed by atoms with Gasteiger partial charge in [-0.15, -0.1) is 11.3 Å². The molecule has 0 saturated heterocycles. The molecule has 84 valence electrons. The van der Waals surface area contributed by atoms with Crippen LogP contribution in [0.4, 0.5) is 0 Å². The van der Waals surface area contributed by atoms with Gasteiger partial charge in [-0.2, -0.15) is 5.10 Å². The van der Waals surface area contributed by atoms with E-state index in [1.807, 2.05) is 37.3 Å². The van der Waals surface area contributed by atoms with Gasteiger partial charge >= 0.3 is 0 Å². The zero-order valence-electron chi connectivity index (χ0n) is 9.10. The Hall–Kier alpha value is -2.01. The van der Waals surface area contributed by atoms with Crippen LogP contribution in [0.2, 0.25) is 0 Å². The molecule has 0 atom stereocenters. The Kier molecular flexibility index (Phi) is 2.26. The first-order valence-electron chi connectivity index (χ1n) is 5.17. The van der Waals surface area contributed by atoms with Crippen LogP contribution in [0.3, 0.4) is 0 Å². The smallest absolute Gasteiger partial charge is 0.265 e. The SMILES string of the molecule is Cc1nc2c(=O)[nH]nc(-c3ccccc3)c2s1. The zero-order chi connectivity index (χ0) is 11.8. The van der Waals surface area contributed by atoms with Gasteiger partial charge in [0.05, 0.1) is 9.71 Å². The summed E-state index contributed by atoms with van der Waals surface area (Å²) in [6, 6.07) is 9.78. The van der Waals surface area contributed by atoms with Gasteiger partial charge in [0, 0.05) is 5.56 Å². The highest BCUT2D eigenvalue weighted by Crippen LogP contribution is 2.28. The molecule has 0 aliphatic carbocycles. The number of fused-ring (bicyclic) bond motifs is 1. The third-order valence-electron chi connectivity index (χ3n) is 2.48. The molecule has 0 amide bonds. The average molecular weight is 243 g/mol. The van der Waals surface area contributed by atoms with E-state index < -0.39 is 0 Å². The highest BCUT2D eigenvalue weighted by atomic mass is 32.1. The van der Waals surface area contributed by atoms with E-state index in [1.165, 1.54) is 11.3 Å². The summed E-state index contributed by atoms with van der Waals surface area (Å²) < 4.78 is 0.845. The number of H-pyrrole nitrogens is 1. The quantitative estimate of drug-likeness (QED) is 0.713. The van der Waals surface area contributed by atoms with Crippen LogP contribution < -0.4 is 5.56 Å². The van der Waals surface area contributed by atoms with E-state index in [9.17, 15) is 4.79 Å². The van der Waals surface area contributed by atoms with Crippen LogP contribution in [0.25, 0.3) is 21.5 Å². The highest BCUT2D eigenvalue weighted by Gasteiger charge is 2.12. The first-order valence-corrected chi connectivity index (χ1v) is 5.98. The summed E-state index contributed by atoms with van der Waals surface area (Å²) >= 11 is 1.49. The molecule has 17 heavy (non-hydrogen) atoms. The number of aromatic nitrogens is 3. The van der Waals surface area contributed by atoms with Crippen molar-refractivity contribution in [2.75, 3.05) is 0 Å². The van der Waals surface area contributed by atoms with Crippen molar-refractivity contribution < 1.29 is 0 Å². The maximum atomic E-state index is 11.6. The summed E-state index contributed by atoms with van der Waals surface area (Å²) in [7, 11) is 0. The van der Waals surface area contributed by atoms with Gasteiger partial charge in [0.2, 0.25) is 0 Å². The molecule has 0 bridgehead atoms. The first-order chi connectivity index (χ1) is 8.25. The van der Waals surface area contributed by atoms with Crippen LogP contribution in [0.15, 0.2) is 35.1 Å². The molecule has 0 saturated carbocycles. The van der Waals surface area contributed by atoms with Crippen molar-refractivity contribution in [3.63, 3.8) is 0 Å². The Morgan fingerprint density at radius 3 is 2.76 bits per heavy atom. The lowest BCUT2D eigenvalue weighted by atomic mass is 10.1. The third-order valence-corrected chi connectivity index (χ3v) is 3.46. The predicted molar refractivity (Wildman–Crippen MR) is 68.2 cm³/mol. The fourth-order valence-corrected chi connectivity index (χ4v) is 2.67. The van der Waals surface area contributed by atoms with Gasteiger partial charge in [0.1, 0.15) is 5.69 Å². The Morgan fingerprint density at radius 2 is 2.00 bits per heavy atom. The molecule has 5 heteroatoms. The molecule has 0 aliphatic heterocycles. The van der Waals surface area contributed by atoms with Gasteiger partial charge in [-0.25, -0.2) is 10.1 Å². The molecular weight excluding hydrogens is 234 g/mol. The number of nitrogens with zero attached hydrogens (tertiary/aromatic N) is 2. The topological polar surface area (TPSA) is 58.6 Å². The van der Waals surface area contributed by atoms with Crippen molar-refractivity contribution in [2.45, 2.75) is 6.92 Å². The zero-order valence-corrected chi connectivity index (χ0v) is 9.91. The summed E-state index contributed by atoms with van der Waals surface area (Å²) in [5, 5.41) is 7.49. The van der Waals surface area contributed by atoms with E-state index in [0.717, 1.165) is 21.0 Å². The molecule has 2 aromatic heterocycles. The second kappa shape index (κ2) is 3.78. The van der Waals surface area contributed by atoms with E-state index in [2.05, 4.69) is 15.2 Å². The molecule has 3 aromatic rings. The minimum absolute atomic E-state index is 0.232. The predicted octanol–water partition coefficient (Wildman–Crippen LogP) is 2.36. The lowest BCUT2D eigenvalue weighted by molar-refractivity contribution is 1.01. The largest absolute Gasteiger partial charge is 0.291 e. The standard InChI is InChI=1S/C12H9N3OS/c1-7-13-10-11(17-7)9(14-15-12(10)16)8-5-3-2-4-6-8/h2-6H,1H3,(H,15,16). The molecule has 4 nitrogen and oxygen atoms in total. The van der Waals surface area contributed by atoms with Crippen LogP contribution in [0, 0.1) is 6.92 Å². The first kappa shape index (κ1) is 10.2. The van der Waals surface area contributed by atoms with E-state index in [1.54, 1.807) is 0 Å². The minimum atomic E-state index is -0.232. The number of hydrogen-bond donors (Lipinski definition) is 1. The maximum Gasteiger partial charge on any atom is 0.291 e. The van der Waals surface area contributed by atoms with Crippen molar-refractivity contribution in [1.29, 1.82) is 0 Å². The van der Waals surface area contributed by atoms with E-state index >= 15 is 0 Å². The van der Waals surface area contributed by atoms with Crippen LogP contribution in [-0.2, 0) is 0 Å². The summed E-state index contributed by atoms with van der Waals surface area (Å²) in [5.74, 6) is 0. The van der Waals surface area contributed by atoms with Gasteiger partial charge in [-0.3, -0.25) is 4.79 Å². The van der Waals surface area contributed by atoms with Gasteiger partial charge in [-0.05, 0) is 6.92 Å². The molecule has 1 aromatic carbocycles. The molecule has 2 heterocycles. The lowest BCUT2D eigenvalue weighted by Gasteiger charge is -1.99. The number of aromatic amines is 1. The second-order valence-corrected chi connectivity index (χ2v) is 4.88. The minimum Gasteiger partial charge on any atom is -0.265 e. The number of nitrogens with one attached hydrogen (secondary N) is 1. The Balaban J connectivity index is 2.38. The monoisotopic (exact) mass is 243 g/mol. The molecule has 3 rings (SSSR count). The highest BCUT2D eigenvalue weighted by molar-refractivity contribution is 7.19. The Morgan fingerprint density at radius 1 is 1.24 bits per heavy atom. The molecule has 0 aliphatic rings. The molecule has 0 spiro atoms. The molecular formula is C12H9N3OS. The van der Waals surface area contributed by atoms with Gasteiger partial charge < -0.3 is 0 Å². The van der Waals surface area contributed by atoms with Crippen molar-refractivity contribution in [1.82, 2.24) is 15.2 Å². The molecule has 0 radical (unpaired) electrons. The number of hydrogen-bond acceptors (Lipinski definition) is 4. The number of aryl methyl sites for hydroxylation is 1. The summed E-state index contributed by atoms with van der Waals surface area (Å²) in [6.07, 6.45) is 0. The fourth-order valence-electron chi connectivity index (χ4n) is 1.74. The Bertz CT molecular complexity index is 730. The van der Waals surface area contributed by atoms with Crippen LogP contribution >= 0.6 is 11.3 Å². The van der Waals surface area contributed by atoms with E-state index in [4.69, 9.17) is 0 Å². The fraction of sp³-hybridized carbons (Fsp3) is 0.0833. The third kappa shape index (κ3) is 1.64. The van der Waals surface area contributed by atoms with Crippen molar-refractivity contribution in [3.05, 3.63) is 45.7 Å². The summed E-state index contributed by atoms with van der Waals surface area (Å²) in [6.45, 7) is 1.89. The van der Waals surface area contributed by atoms with E-state index in [-0.39, 0.29) is 5.56 Å². The van der Waals surface area contributed by atoms with E-state index in [0.29, 0.717) is 5.52 Å². The average Bonchev–Trinajstić information content (AvgIpc) is 2.73. The van der Waals surface area contributed by atoms with Crippen molar-refractivity contribution in [3.8, 4) is 11.3 Å². The molecule has 0 fully saturated rings. The normalized spacial score (nSPS) is 10.9. The van der Waals surface area contributed by atoms with Gasteiger partial charge in [0.15, 0.2) is 5.52 Å². The Labute approximate surface area is 101 Å². The van der Waals surface area contributed by atoms with Gasteiger partial charge in [-0.1, -0.05) is 30.3 Å².